The van der Waals surface area contributed by atoms with Crippen molar-refractivity contribution >= 4 is 27.5 Å². The molecule has 2 aromatic rings. The lowest BCUT2D eigenvalue weighted by Crippen LogP contribution is -2.33. The van der Waals surface area contributed by atoms with E-state index in [4.69, 9.17) is 11.6 Å². The fraction of sp³-hybridized carbons (Fsp3) is 0.0909. The monoisotopic (exact) mass is 314 g/mol. The number of aryl methyl sites for hydroxylation is 1. The highest BCUT2D eigenvalue weighted by molar-refractivity contribution is 9.10. The Hall–Kier alpha value is -1.33. The Labute approximate surface area is 110 Å². The van der Waals surface area contributed by atoms with Crippen LogP contribution in [-0.2, 0) is 0 Å². The quantitative estimate of drug-likeness (QED) is 0.821. The number of nitrogens with one attached hydrogen (secondary N) is 1. The summed E-state index contributed by atoms with van der Waals surface area (Å²) in [6.07, 6.45) is 0. The summed E-state index contributed by atoms with van der Waals surface area (Å²) in [5, 5.41) is 0.0333. The molecule has 4 nitrogen and oxygen atoms in total. The van der Waals surface area contributed by atoms with Crippen molar-refractivity contribution in [3.05, 3.63) is 60.3 Å². The Bertz CT molecular complexity index is 659. The summed E-state index contributed by atoms with van der Waals surface area (Å²) in [6.45, 7) is 1.82. The molecule has 0 bridgehead atoms. The van der Waals surface area contributed by atoms with Gasteiger partial charge in [-0.2, -0.15) is 0 Å². The van der Waals surface area contributed by atoms with Gasteiger partial charge in [0.2, 0.25) is 0 Å². The molecule has 17 heavy (non-hydrogen) atoms. The van der Waals surface area contributed by atoms with Crippen LogP contribution < -0.4 is 11.2 Å². The fourth-order valence-electron chi connectivity index (χ4n) is 1.57. The van der Waals surface area contributed by atoms with Gasteiger partial charge in [0.1, 0.15) is 5.15 Å². The number of rotatable bonds is 1. The van der Waals surface area contributed by atoms with Crippen LogP contribution in [0.4, 0.5) is 0 Å². The van der Waals surface area contributed by atoms with E-state index in [1.54, 1.807) is 12.1 Å². The molecule has 1 aromatic heterocycles. The number of nitrogens with zero attached hydrogens (tertiary/aromatic N) is 1. The van der Waals surface area contributed by atoms with Crippen LogP contribution in [-0.4, -0.2) is 9.55 Å². The molecule has 0 aliphatic carbocycles. The van der Waals surface area contributed by atoms with Crippen molar-refractivity contribution in [3.8, 4) is 5.69 Å². The SMILES string of the molecule is Cc1cc(Br)ccc1-n1c(=O)cc(Cl)[nH]c1=O. The first-order chi connectivity index (χ1) is 7.99. The third-order valence-electron chi connectivity index (χ3n) is 2.30. The molecule has 0 unspecified atom stereocenters. The third-order valence-corrected chi connectivity index (χ3v) is 3.00. The summed E-state index contributed by atoms with van der Waals surface area (Å²) in [5.74, 6) is 0. The van der Waals surface area contributed by atoms with E-state index in [0.717, 1.165) is 14.6 Å². The van der Waals surface area contributed by atoms with Gasteiger partial charge < -0.3 is 0 Å². The second kappa shape index (κ2) is 4.50. The average Bonchev–Trinajstić information content (AvgIpc) is 2.19. The molecule has 6 heteroatoms. The molecule has 0 aliphatic heterocycles. The topological polar surface area (TPSA) is 54.9 Å². The normalized spacial score (nSPS) is 10.5. The van der Waals surface area contributed by atoms with E-state index in [-0.39, 0.29) is 5.15 Å². The number of aromatic amines is 1. The summed E-state index contributed by atoms with van der Waals surface area (Å²) >= 11 is 8.92. The van der Waals surface area contributed by atoms with Crippen LogP contribution in [0.25, 0.3) is 5.69 Å². The minimum absolute atomic E-state index is 0.0333. The van der Waals surface area contributed by atoms with Crippen LogP contribution in [0.5, 0.6) is 0 Å². The standard InChI is InChI=1S/C11H8BrClN2O2/c1-6-4-7(12)2-3-8(6)15-10(16)5-9(13)14-11(15)17/h2-5H,1H3,(H,14,17). The van der Waals surface area contributed by atoms with Gasteiger partial charge in [0.05, 0.1) is 5.69 Å². The average molecular weight is 316 g/mol. The molecule has 88 valence electrons. The van der Waals surface area contributed by atoms with Gasteiger partial charge in [-0.1, -0.05) is 27.5 Å². The predicted octanol–water partition coefficient (Wildman–Crippen LogP) is 2.25. The molecule has 1 N–H and O–H groups in total. The smallest absolute Gasteiger partial charge is 0.297 e. The van der Waals surface area contributed by atoms with Crippen molar-refractivity contribution in [1.29, 1.82) is 0 Å². The highest BCUT2D eigenvalue weighted by Crippen LogP contribution is 2.17. The molecule has 0 fully saturated rings. The maximum absolute atomic E-state index is 11.7. The van der Waals surface area contributed by atoms with Crippen LogP contribution in [0.2, 0.25) is 5.15 Å². The first-order valence-corrected chi connectivity index (χ1v) is 5.94. The van der Waals surface area contributed by atoms with Crippen LogP contribution >= 0.6 is 27.5 Å². The lowest BCUT2D eigenvalue weighted by atomic mass is 10.2. The molecule has 0 atom stereocenters. The molecule has 0 radical (unpaired) electrons. The minimum Gasteiger partial charge on any atom is -0.297 e. The molecule has 0 amide bonds. The van der Waals surface area contributed by atoms with Gasteiger partial charge in [0.15, 0.2) is 0 Å². The lowest BCUT2D eigenvalue weighted by molar-refractivity contribution is 0.869. The number of H-pyrrole nitrogens is 1. The van der Waals surface area contributed by atoms with Crippen molar-refractivity contribution in [1.82, 2.24) is 9.55 Å². The second-order valence-electron chi connectivity index (χ2n) is 3.53. The molecule has 1 heterocycles. The van der Waals surface area contributed by atoms with E-state index < -0.39 is 11.2 Å². The van der Waals surface area contributed by atoms with Crippen LogP contribution in [0.1, 0.15) is 5.56 Å². The van der Waals surface area contributed by atoms with Crippen LogP contribution in [0, 0.1) is 6.92 Å². The van der Waals surface area contributed by atoms with Crippen molar-refractivity contribution in [2.75, 3.05) is 0 Å². The number of hydrogen-bond donors (Lipinski definition) is 1. The third kappa shape index (κ3) is 2.35. The van der Waals surface area contributed by atoms with Crippen molar-refractivity contribution < 1.29 is 0 Å². The van der Waals surface area contributed by atoms with Crippen LogP contribution in [0.3, 0.4) is 0 Å². The Kier molecular flexibility index (Phi) is 3.22. The molecule has 1 aromatic carbocycles. The van der Waals surface area contributed by atoms with E-state index in [0.29, 0.717) is 5.69 Å². The molecular formula is C11H8BrClN2O2. The molecule has 0 saturated heterocycles. The van der Waals surface area contributed by atoms with Gasteiger partial charge in [0.25, 0.3) is 5.56 Å². The number of aromatic nitrogens is 2. The largest absolute Gasteiger partial charge is 0.334 e. The van der Waals surface area contributed by atoms with Gasteiger partial charge in [-0.05, 0) is 30.7 Å². The van der Waals surface area contributed by atoms with Gasteiger partial charge in [-0.3, -0.25) is 9.78 Å². The molecule has 2 rings (SSSR count). The zero-order valence-electron chi connectivity index (χ0n) is 8.83. The first kappa shape index (κ1) is 12.1. The van der Waals surface area contributed by atoms with Crippen molar-refractivity contribution in [2.45, 2.75) is 6.92 Å². The van der Waals surface area contributed by atoms with Gasteiger partial charge in [-0.25, -0.2) is 9.36 Å². The van der Waals surface area contributed by atoms with Gasteiger partial charge in [-0.15, -0.1) is 0 Å². The number of halogens is 2. The van der Waals surface area contributed by atoms with E-state index in [1.807, 2.05) is 13.0 Å². The Morgan fingerprint density at radius 2 is 2.00 bits per heavy atom. The van der Waals surface area contributed by atoms with Crippen molar-refractivity contribution in [3.63, 3.8) is 0 Å². The summed E-state index contributed by atoms with van der Waals surface area (Å²) in [5.41, 5.74) is 0.350. The van der Waals surface area contributed by atoms with E-state index in [2.05, 4.69) is 20.9 Å². The zero-order valence-corrected chi connectivity index (χ0v) is 11.2. The fourth-order valence-corrected chi connectivity index (χ4v) is 2.21. The number of benzene rings is 1. The summed E-state index contributed by atoms with van der Waals surface area (Å²) in [7, 11) is 0. The Balaban J connectivity index is 2.78. The highest BCUT2D eigenvalue weighted by atomic mass is 79.9. The maximum Gasteiger partial charge on any atom is 0.334 e. The molecule has 0 aliphatic rings. The van der Waals surface area contributed by atoms with Crippen molar-refractivity contribution in [2.24, 2.45) is 0 Å². The second-order valence-corrected chi connectivity index (χ2v) is 4.85. The highest BCUT2D eigenvalue weighted by Gasteiger charge is 2.08. The van der Waals surface area contributed by atoms with Crippen LogP contribution in [0.15, 0.2) is 38.3 Å². The van der Waals surface area contributed by atoms with Gasteiger partial charge >= 0.3 is 5.69 Å². The van der Waals surface area contributed by atoms with Gasteiger partial charge in [0, 0.05) is 10.5 Å². The Morgan fingerprint density at radius 1 is 1.29 bits per heavy atom. The lowest BCUT2D eigenvalue weighted by Gasteiger charge is -2.08. The summed E-state index contributed by atoms with van der Waals surface area (Å²) in [4.78, 5) is 25.8. The predicted molar refractivity (Wildman–Crippen MR) is 70.1 cm³/mol. The summed E-state index contributed by atoms with van der Waals surface area (Å²) < 4.78 is 1.94. The van der Waals surface area contributed by atoms with E-state index in [9.17, 15) is 9.59 Å². The van der Waals surface area contributed by atoms with E-state index in [1.165, 1.54) is 6.07 Å². The molecule has 0 spiro atoms. The first-order valence-electron chi connectivity index (χ1n) is 4.77. The number of hydrogen-bond acceptors (Lipinski definition) is 2. The molecule has 0 saturated carbocycles. The molecular weight excluding hydrogens is 307 g/mol. The zero-order chi connectivity index (χ0) is 12.6. The van der Waals surface area contributed by atoms with E-state index >= 15 is 0 Å². The summed E-state index contributed by atoms with van der Waals surface area (Å²) in [6, 6.07) is 6.47. The maximum atomic E-state index is 11.7. The Morgan fingerprint density at radius 3 is 2.59 bits per heavy atom. The minimum atomic E-state index is -0.548.